The van der Waals surface area contributed by atoms with E-state index in [1.807, 2.05) is 42.5 Å². The van der Waals surface area contributed by atoms with Gasteiger partial charge in [0.05, 0.1) is 28.7 Å². The van der Waals surface area contributed by atoms with Crippen molar-refractivity contribution in [3.63, 3.8) is 0 Å². The molecule has 2 N–H and O–H groups in total. The highest BCUT2D eigenvalue weighted by molar-refractivity contribution is 6.45. The Morgan fingerprint density at radius 3 is 1.57 bits per heavy atom. The van der Waals surface area contributed by atoms with Gasteiger partial charge in [0, 0.05) is 54.5 Å². The minimum atomic E-state index is -0.520. The zero-order valence-corrected chi connectivity index (χ0v) is 30.7. The standard InChI is InChI=1S/C52H37N4/c53-43(34-18-4-1-5-19-34)32-44(35-20-6-2-7-21-35)54-33-55-45-30-16-14-28-41(45)49-47-38-25-11-13-27-40(38)52-50(48(47)37-24-10-12-26-39(37)51(49)55)42-29-15-17-31-46(42)56(52)36-22-8-3-9-23-36/h1-32,43,53-54H,33H2/q-1/b44-32-. The van der Waals surface area contributed by atoms with Gasteiger partial charge in [-0.25, -0.2) is 0 Å². The largest absolute Gasteiger partial charge is 0.667 e. The summed E-state index contributed by atoms with van der Waals surface area (Å²) in [6.45, 7) is 0.523. The molecular weight excluding hydrogens is 681 g/mol. The average Bonchev–Trinajstić information content (AvgIpc) is 3.79. The second kappa shape index (κ2) is 13.0. The zero-order valence-electron chi connectivity index (χ0n) is 30.7. The molecule has 0 fully saturated rings. The fraction of sp³-hybridized carbons (Fsp3) is 0.0385. The van der Waals surface area contributed by atoms with Crippen LogP contribution in [0.25, 0.3) is 93.0 Å². The van der Waals surface area contributed by atoms with Crippen LogP contribution in [0.3, 0.4) is 0 Å². The van der Waals surface area contributed by atoms with Crippen LogP contribution >= 0.6 is 0 Å². The molecule has 4 heteroatoms. The van der Waals surface area contributed by atoms with E-state index in [0.29, 0.717) is 6.67 Å². The van der Waals surface area contributed by atoms with Crippen LogP contribution in [0, 0.1) is 0 Å². The predicted molar refractivity (Wildman–Crippen MR) is 237 cm³/mol. The molecule has 4 nitrogen and oxygen atoms in total. The average molecular weight is 718 g/mol. The topological polar surface area (TPSA) is 45.7 Å². The minimum absolute atomic E-state index is 0.520. The Balaban J connectivity index is 1.25. The summed E-state index contributed by atoms with van der Waals surface area (Å²) in [4.78, 5) is 0. The van der Waals surface area contributed by atoms with Crippen molar-refractivity contribution in [2.45, 2.75) is 12.7 Å². The molecule has 0 spiro atoms. The number of rotatable bonds is 7. The molecule has 2 aromatic heterocycles. The molecule has 0 aliphatic rings. The van der Waals surface area contributed by atoms with Crippen LogP contribution in [0.4, 0.5) is 0 Å². The monoisotopic (exact) mass is 717 g/mol. The van der Waals surface area contributed by atoms with Gasteiger partial charge in [0.1, 0.15) is 0 Å². The quantitative estimate of drug-likeness (QED) is 0.164. The van der Waals surface area contributed by atoms with Gasteiger partial charge in [0.25, 0.3) is 0 Å². The van der Waals surface area contributed by atoms with E-state index < -0.39 is 6.04 Å². The number of aromatic nitrogens is 2. The first-order chi connectivity index (χ1) is 27.8. The summed E-state index contributed by atoms with van der Waals surface area (Å²) in [7, 11) is 0. The molecular formula is C52H37N4-. The van der Waals surface area contributed by atoms with E-state index in [1.54, 1.807) is 0 Å². The van der Waals surface area contributed by atoms with Gasteiger partial charge >= 0.3 is 0 Å². The second-order valence-electron chi connectivity index (χ2n) is 14.6. The van der Waals surface area contributed by atoms with E-state index in [4.69, 9.17) is 5.73 Å². The molecule has 11 rings (SSSR count). The summed E-state index contributed by atoms with van der Waals surface area (Å²) in [5.74, 6) is 0. The van der Waals surface area contributed by atoms with E-state index in [9.17, 15) is 0 Å². The highest BCUT2D eigenvalue weighted by Crippen LogP contribution is 2.49. The van der Waals surface area contributed by atoms with Gasteiger partial charge in [0.2, 0.25) is 0 Å². The molecule has 0 saturated heterocycles. The first-order valence-corrected chi connectivity index (χ1v) is 19.3. The fourth-order valence-corrected chi connectivity index (χ4v) is 9.16. The van der Waals surface area contributed by atoms with E-state index in [-0.39, 0.29) is 0 Å². The van der Waals surface area contributed by atoms with Crippen molar-refractivity contribution in [2.75, 3.05) is 0 Å². The summed E-state index contributed by atoms with van der Waals surface area (Å²) >= 11 is 0. The summed E-state index contributed by atoms with van der Waals surface area (Å²) in [6.07, 6.45) is 2.04. The first-order valence-electron chi connectivity index (χ1n) is 19.3. The van der Waals surface area contributed by atoms with Gasteiger partial charge < -0.3 is 20.2 Å². The third-order valence-corrected chi connectivity index (χ3v) is 11.5. The van der Waals surface area contributed by atoms with Crippen LogP contribution in [0.15, 0.2) is 194 Å². The lowest BCUT2D eigenvalue weighted by Gasteiger charge is -2.21. The number of fused-ring (bicyclic) bond motifs is 15. The summed E-state index contributed by atoms with van der Waals surface area (Å²) < 4.78 is 4.92. The van der Waals surface area contributed by atoms with E-state index in [0.717, 1.165) is 22.5 Å². The van der Waals surface area contributed by atoms with Crippen molar-refractivity contribution in [1.82, 2.24) is 14.5 Å². The third kappa shape index (κ3) is 4.90. The molecule has 0 radical (unpaired) electrons. The molecule has 11 aromatic rings. The first kappa shape index (κ1) is 32.3. The molecule has 0 bridgehead atoms. The summed E-state index contributed by atoms with van der Waals surface area (Å²) in [6, 6.07) is 66.4. The van der Waals surface area contributed by atoms with Gasteiger partial charge in [0.15, 0.2) is 0 Å². The van der Waals surface area contributed by atoms with Crippen molar-refractivity contribution in [1.29, 1.82) is 0 Å². The highest BCUT2D eigenvalue weighted by Gasteiger charge is 2.25. The molecule has 56 heavy (non-hydrogen) atoms. The van der Waals surface area contributed by atoms with Crippen LogP contribution in [-0.4, -0.2) is 9.13 Å². The van der Waals surface area contributed by atoms with Crippen molar-refractivity contribution >= 4 is 81.6 Å². The fourth-order valence-electron chi connectivity index (χ4n) is 9.16. The Bertz CT molecular complexity index is 3300. The molecule has 0 aliphatic carbocycles. The van der Waals surface area contributed by atoms with Crippen LogP contribution in [0.5, 0.6) is 0 Å². The normalized spacial score (nSPS) is 12.8. The molecule has 266 valence electrons. The lowest BCUT2D eigenvalue weighted by atomic mass is 9.89. The smallest absolute Gasteiger partial charge is 0.0926 e. The van der Waals surface area contributed by atoms with Crippen molar-refractivity contribution in [3.05, 3.63) is 211 Å². The lowest BCUT2D eigenvalue weighted by molar-refractivity contribution is 0.695. The molecule has 0 aliphatic heterocycles. The van der Waals surface area contributed by atoms with Crippen LogP contribution in [-0.2, 0) is 6.67 Å². The number of benzene rings is 9. The molecule has 2 heterocycles. The van der Waals surface area contributed by atoms with Gasteiger partial charge in [-0.2, -0.15) is 0 Å². The highest BCUT2D eigenvalue weighted by atomic mass is 15.1. The number of nitrogens with zero attached hydrogens (tertiary/aromatic N) is 2. The van der Waals surface area contributed by atoms with Gasteiger partial charge in [-0.1, -0.05) is 181 Å². The molecule has 1 unspecified atom stereocenters. The third-order valence-electron chi connectivity index (χ3n) is 11.5. The van der Waals surface area contributed by atoms with Crippen molar-refractivity contribution in [3.8, 4) is 5.69 Å². The zero-order chi connectivity index (χ0) is 37.2. The molecule has 0 amide bonds. The Morgan fingerprint density at radius 1 is 0.464 bits per heavy atom. The maximum absolute atomic E-state index is 9.14. The van der Waals surface area contributed by atoms with E-state index in [1.165, 1.54) is 75.9 Å². The van der Waals surface area contributed by atoms with Crippen molar-refractivity contribution in [2.24, 2.45) is 0 Å². The Kier molecular flexibility index (Phi) is 7.51. The van der Waals surface area contributed by atoms with Crippen LogP contribution < -0.4 is 5.32 Å². The Hall–Kier alpha value is -7.14. The molecule has 0 saturated carbocycles. The molecule has 1 atom stereocenters. The van der Waals surface area contributed by atoms with Gasteiger partial charge in [-0.15, -0.1) is 0 Å². The second-order valence-corrected chi connectivity index (χ2v) is 14.6. The minimum Gasteiger partial charge on any atom is -0.667 e. The summed E-state index contributed by atoms with van der Waals surface area (Å²) in [5.41, 5.74) is 18.1. The predicted octanol–water partition coefficient (Wildman–Crippen LogP) is 13.7. The Labute approximate surface area is 324 Å². The molecule has 9 aromatic carbocycles. The summed E-state index contributed by atoms with van der Waals surface area (Å²) in [5, 5.41) is 16.4. The number of nitrogens with one attached hydrogen (secondary N) is 2. The maximum Gasteiger partial charge on any atom is 0.0926 e. The maximum atomic E-state index is 9.14. The lowest BCUT2D eigenvalue weighted by Crippen LogP contribution is -2.18. The number of para-hydroxylation sites is 3. The van der Waals surface area contributed by atoms with Crippen LogP contribution in [0.2, 0.25) is 0 Å². The van der Waals surface area contributed by atoms with E-state index >= 15 is 0 Å². The van der Waals surface area contributed by atoms with Crippen molar-refractivity contribution < 1.29 is 0 Å². The number of hydrogen-bond acceptors (Lipinski definition) is 1. The SMILES string of the molecule is [NH-]C(/C=C(\NCn1c2ccccc2c2c3c4ccccc4c4c(c5ccccc5n4-c4ccccc4)c3c3ccccc3c21)c1ccccc1)c1ccccc1. The van der Waals surface area contributed by atoms with E-state index in [2.05, 4.69) is 166 Å². The van der Waals surface area contributed by atoms with Crippen LogP contribution in [0.1, 0.15) is 17.2 Å². The van der Waals surface area contributed by atoms with Gasteiger partial charge in [-0.05, 0) is 40.6 Å². The van der Waals surface area contributed by atoms with Gasteiger partial charge in [-0.3, -0.25) is 0 Å². The number of hydrogen-bond donors (Lipinski definition) is 1. The Morgan fingerprint density at radius 2 is 0.929 bits per heavy atom.